The average Bonchev–Trinajstić information content (AvgIpc) is 2.65. The van der Waals surface area contributed by atoms with Crippen LogP contribution in [0.4, 0.5) is 0 Å². The number of thioether (sulfide) groups is 1. The number of fused-ring (bicyclic) bond motifs is 1. The molecule has 1 aliphatic heterocycles. The molecule has 2 heterocycles. The van der Waals surface area contributed by atoms with E-state index in [-0.39, 0.29) is 11.7 Å². The summed E-state index contributed by atoms with van der Waals surface area (Å²) >= 11 is 1.25. The zero-order valence-electron chi connectivity index (χ0n) is 13.1. The predicted octanol–water partition coefficient (Wildman–Crippen LogP) is 1.88. The summed E-state index contributed by atoms with van der Waals surface area (Å²) in [4.78, 5) is 19.9. The lowest BCUT2D eigenvalue weighted by Gasteiger charge is -2.18. The smallest absolute Gasteiger partial charge is 0.250 e. The van der Waals surface area contributed by atoms with Crippen LogP contribution in [0, 0.1) is 0 Å². The van der Waals surface area contributed by atoms with E-state index in [1.165, 1.54) is 11.8 Å². The zero-order valence-corrected chi connectivity index (χ0v) is 13.9. The molecule has 8 heteroatoms. The lowest BCUT2D eigenvalue weighted by atomic mass is 10.1. The molecule has 24 heavy (non-hydrogen) atoms. The van der Waals surface area contributed by atoms with Crippen LogP contribution in [0.5, 0.6) is 11.5 Å². The molecule has 1 aliphatic rings. The number of ether oxygens (including phenoxy) is 2. The molecule has 7 nitrogen and oxygen atoms in total. The number of hydrazone groups is 1. The molecule has 124 valence electrons. The lowest BCUT2D eigenvalue weighted by Crippen LogP contribution is -2.21. The van der Waals surface area contributed by atoms with Crippen molar-refractivity contribution in [2.24, 2.45) is 5.10 Å². The first-order valence-electron chi connectivity index (χ1n) is 7.35. The van der Waals surface area contributed by atoms with Crippen LogP contribution in [-0.2, 0) is 4.79 Å². The predicted molar refractivity (Wildman–Crippen MR) is 90.5 cm³/mol. The van der Waals surface area contributed by atoms with E-state index in [0.717, 1.165) is 11.3 Å². The Morgan fingerprint density at radius 1 is 1.25 bits per heavy atom. The Hall–Kier alpha value is -2.61. The zero-order chi connectivity index (χ0) is 16.8. The summed E-state index contributed by atoms with van der Waals surface area (Å²) in [5.74, 6) is 1.39. The van der Waals surface area contributed by atoms with E-state index < -0.39 is 0 Å². The maximum absolute atomic E-state index is 11.8. The first kappa shape index (κ1) is 16.3. The first-order valence-corrected chi connectivity index (χ1v) is 8.34. The van der Waals surface area contributed by atoms with Gasteiger partial charge in [-0.05, 0) is 31.2 Å². The van der Waals surface area contributed by atoms with Gasteiger partial charge in [-0.25, -0.2) is 15.4 Å². The molecule has 2 aromatic rings. The second kappa shape index (κ2) is 7.78. The molecular formula is C16H16N4O3S. The minimum atomic E-state index is -0.218. The maximum Gasteiger partial charge on any atom is 0.250 e. The Labute approximate surface area is 143 Å². The first-order chi connectivity index (χ1) is 11.7. The summed E-state index contributed by atoms with van der Waals surface area (Å²) < 4.78 is 11.0. The third-order valence-corrected chi connectivity index (χ3v) is 4.06. The van der Waals surface area contributed by atoms with Gasteiger partial charge in [0.05, 0.1) is 11.5 Å². The Morgan fingerprint density at radius 2 is 2.00 bits per heavy atom. The summed E-state index contributed by atoms with van der Waals surface area (Å²) in [6, 6.07) is 7.30. The molecule has 1 aromatic carbocycles. The van der Waals surface area contributed by atoms with E-state index in [9.17, 15) is 4.79 Å². The number of nitrogens with zero attached hydrogens (tertiary/aromatic N) is 3. The van der Waals surface area contributed by atoms with E-state index in [0.29, 0.717) is 29.8 Å². The minimum Gasteiger partial charge on any atom is -0.486 e. The molecule has 0 radical (unpaired) electrons. The highest BCUT2D eigenvalue weighted by molar-refractivity contribution is 7.99. The van der Waals surface area contributed by atoms with Crippen LogP contribution < -0.4 is 14.9 Å². The third-order valence-electron chi connectivity index (χ3n) is 3.18. The van der Waals surface area contributed by atoms with Crippen molar-refractivity contribution in [2.45, 2.75) is 12.1 Å². The van der Waals surface area contributed by atoms with E-state index >= 15 is 0 Å². The van der Waals surface area contributed by atoms with Crippen molar-refractivity contribution in [3.8, 4) is 11.5 Å². The summed E-state index contributed by atoms with van der Waals surface area (Å²) in [5.41, 5.74) is 4.07. The Bertz CT molecular complexity index is 752. The average molecular weight is 344 g/mol. The molecule has 0 bridgehead atoms. The van der Waals surface area contributed by atoms with Gasteiger partial charge in [0.2, 0.25) is 0 Å². The molecular weight excluding hydrogens is 328 g/mol. The van der Waals surface area contributed by atoms with E-state index in [1.54, 1.807) is 18.5 Å². The molecule has 1 N–H and O–H groups in total. The van der Waals surface area contributed by atoms with Gasteiger partial charge in [0.15, 0.2) is 16.7 Å². The molecule has 0 atom stereocenters. The number of aromatic nitrogens is 2. The highest BCUT2D eigenvalue weighted by Crippen LogP contribution is 2.30. The van der Waals surface area contributed by atoms with E-state index in [2.05, 4.69) is 20.5 Å². The van der Waals surface area contributed by atoms with Crippen molar-refractivity contribution in [3.05, 3.63) is 42.2 Å². The van der Waals surface area contributed by atoms with Crippen molar-refractivity contribution in [3.63, 3.8) is 0 Å². The van der Waals surface area contributed by atoms with Crippen LogP contribution in [0.2, 0.25) is 0 Å². The summed E-state index contributed by atoms with van der Waals surface area (Å²) in [6.45, 7) is 2.90. The second-order valence-electron chi connectivity index (χ2n) is 4.91. The van der Waals surface area contributed by atoms with Crippen molar-refractivity contribution in [2.75, 3.05) is 19.0 Å². The van der Waals surface area contributed by atoms with Gasteiger partial charge in [-0.1, -0.05) is 11.8 Å². The standard InChI is InChI=1S/C16H16N4O3S/c1-11(12-3-4-13-14(9-12)23-8-7-22-13)19-20-15(21)10-24-16-17-5-2-6-18-16/h2-6,9H,7-8,10H2,1H3,(H,20,21)/b19-11-. The quantitative estimate of drug-likeness (QED) is 0.386. The SMILES string of the molecule is C/C(=N/NC(=O)CSc1ncccn1)c1ccc2c(c1)OCCO2. The van der Waals surface area contributed by atoms with Crippen LogP contribution in [0.3, 0.4) is 0 Å². The number of amides is 1. The fourth-order valence-electron chi connectivity index (χ4n) is 2.00. The lowest BCUT2D eigenvalue weighted by molar-refractivity contribution is -0.118. The number of nitrogens with one attached hydrogen (secondary N) is 1. The topological polar surface area (TPSA) is 85.7 Å². The molecule has 0 spiro atoms. The molecule has 1 aromatic heterocycles. The van der Waals surface area contributed by atoms with Crippen LogP contribution in [0.1, 0.15) is 12.5 Å². The normalized spacial score (nSPS) is 13.5. The summed E-state index contributed by atoms with van der Waals surface area (Å²) in [7, 11) is 0. The van der Waals surface area contributed by atoms with Crippen LogP contribution in [0.15, 0.2) is 46.9 Å². The monoisotopic (exact) mass is 344 g/mol. The van der Waals surface area contributed by atoms with Crippen molar-refractivity contribution in [1.29, 1.82) is 0 Å². The van der Waals surface area contributed by atoms with Gasteiger partial charge in [-0.15, -0.1) is 0 Å². The fraction of sp³-hybridized carbons (Fsp3) is 0.250. The molecule has 0 saturated carbocycles. The molecule has 0 fully saturated rings. The Kier molecular flexibility index (Phi) is 5.27. The molecule has 3 rings (SSSR count). The number of hydrogen-bond donors (Lipinski definition) is 1. The highest BCUT2D eigenvalue weighted by Gasteiger charge is 2.12. The Morgan fingerprint density at radius 3 is 2.79 bits per heavy atom. The number of carbonyl (C=O) groups is 1. The maximum atomic E-state index is 11.8. The van der Waals surface area contributed by atoms with Gasteiger partial charge < -0.3 is 9.47 Å². The van der Waals surface area contributed by atoms with Gasteiger partial charge in [-0.3, -0.25) is 4.79 Å². The van der Waals surface area contributed by atoms with Gasteiger partial charge in [-0.2, -0.15) is 5.10 Å². The highest BCUT2D eigenvalue weighted by atomic mass is 32.2. The van der Waals surface area contributed by atoms with E-state index in [4.69, 9.17) is 9.47 Å². The molecule has 0 saturated heterocycles. The molecule has 1 amide bonds. The van der Waals surface area contributed by atoms with Gasteiger partial charge >= 0.3 is 0 Å². The molecule has 0 unspecified atom stereocenters. The summed E-state index contributed by atoms with van der Waals surface area (Å²) in [5, 5.41) is 4.68. The second-order valence-corrected chi connectivity index (χ2v) is 5.85. The van der Waals surface area contributed by atoms with Crippen LogP contribution >= 0.6 is 11.8 Å². The molecule has 0 aliphatic carbocycles. The Balaban J connectivity index is 1.56. The van der Waals surface area contributed by atoms with Gasteiger partial charge in [0.25, 0.3) is 5.91 Å². The number of carbonyl (C=O) groups excluding carboxylic acids is 1. The summed E-state index contributed by atoms with van der Waals surface area (Å²) in [6.07, 6.45) is 3.27. The van der Waals surface area contributed by atoms with Crippen LogP contribution in [0.25, 0.3) is 0 Å². The third kappa shape index (κ3) is 4.23. The minimum absolute atomic E-state index is 0.196. The van der Waals surface area contributed by atoms with Gasteiger partial charge in [0, 0.05) is 18.0 Å². The number of hydrogen-bond acceptors (Lipinski definition) is 7. The fourth-order valence-corrected chi connectivity index (χ4v) is 2.60. The van der Waals surface area contributed by atoms with Gasteiger partial charge in [0.1, 0.15) is 13.2 Å². The van der Waals surface area contributed by atoms with Crippen molar-refractivity contribution >= 4 is 23.4 Å². The number of rotatable bonds is 5. The number of benzene rings is 1. The van der Waals surface area contributed by atoms with Crippen molar-refractivity contribution in [1.82, 2.24) is 15.4 Å². The van der Waals surface area contributed by atoms with Crippen LogP contribution in [-0.4, -0.2) is 40.6 Å². The van der Waals surface area contributed by atoms with E-state index in [1.807, 2.05) is 25.1 Å². The van der Waals surface area contributed by atoms with Crippen molar-refractivity contribution < 1.29 is 14.3 Å². The largest absolute Gasteiger partial charge is 0.486 e.